The van der Waals surface area contributed by atoms with E-state index >= 15 is 0 Å². The zero-order valence-corrected chi connectivity index (χ0v) is 18.2. The van der Waals surface area contributed by atoms with Gasteiger partial charge in [0.25, 0.3) is 0 Å². The van der Waals surface area contributed by atoms with Crippen molar-refractivity contribution in [2.75, 3.05) is 13.7 Å². The summed E-state index contributed by atoms with van der Waals surface area (Å²) in [5, 5.41) is 0. The second kappa shape index (κ2) is 9.52. The van der Waals surface area contributed by atoms with Crippen molar-refractivity contribution in [1.29, 1.82) is 0 Å². The molecule has 1 heterocycles. The summed E-state index contributed by atoms with van der Waals surface area (Å²) in [6.45, 7) is 13.8. The van der Waals surface area contributed by atoms with Gasteiger partial charge in [0.15, 0.2) is 0 Å². The fraction of sp³-hybridized carbons (Fsp3) is 0.520. The Labute approximate surface area is 166 Å². The molecule has 0 aliphatic carbocycles. The molecule has 2 rings (SSSR count). The normalized spacial score (nSPS) is 19.6. The fourth-order valence-corrected chi connectivity index (χ4v) is 3.81. The van der Waals surface area contributed by atoms with Crippen molar-refractivity contribution in [3.05, 3.63) is 64.3 Å². The van der Waals surface area contributed by atoms with Crippen LogP contribution in [0.25, 0.3) is 5.57 Å². The first kappa shape index (κ1) is 21.7. The average molecular weight is 369 g/mol. The highest BCUT2D eigenvalue weighted by Gasteiger charge is 2.45. The Hall–Kier alpha value is -1.64. The van der Waals surface area contributed by atoms with Crippen LogP contribution in [-0.2, 0) is 9.47 Å². The maximum Gasteiger partial charge on any atom is 0.110 e. The predicted molar refractivity (Wildman–Crippen MR) is 116 cm³/mol. The third-order valence-corrected chi connectivity index (χ3v) is 5.47. The van der Waals surface area contributed by atoms with Crippen LogP contribution in [-0.4, -0.2) is 25.4 Å². The van der Waals surface area contributed by atoms with Crippen molar-refractivity contribution >= 4 is 5.57 Å². The lowest BCUT2D eigenvalue weighted by molar-refractivity contribution is -0.0413. The molecule has 1 fully saturated rings. The highest BCUT2D eigenvalue weighted by atomic mass is 16.6. The highest BCUT2D eigenvalue weighted by molar-refractivity contribution is 5.77. The molecule has 2 nitrogen and oxygen atoms in total. The van der Waals surface area contributed by atoms with Crippen molar-refractivity contribution in [1.82, 2.24) is 0 Å². The van der Waals surface area contributed by atoms with Gasteiger partial charge in [-0.15, -0.1) is 0 Å². The van der Waals surface area contributed by atoms with E-state index in [1.54, 1.807) is 0 Å². The van der Waals surface area contributed by atoms with E-state index < -0.39 is 0 Å². The summed E-state index contributed by atoms with van der Waals surface area (Å²) in [6.07, 6.45) is 10.1. The van der Waals surface area contributed by atoms with E-state index in [0.29, 0.717) is 0 Å². The Morgan fingerprint density at radius 2 is 1.81 bits per heavy atom. The minimum atomic E-state index is -0.154. The second-order valence-electron chi connectivity index (χ2n) is 8.01. The summed E-state index contributed by atoms with van der Waals surface area (Å²) in [4.78, 5) is 0. The number of epoxide rings is 1. The number of rotatable bonds is 9. The zero-order chi connectivity index (χ0) is 20.0. The number of benzene rings is 1. The molecule has 1 aliphatic rings. The van der Waals surface area contributed by atoms with E-state index in [1.165, 1.54) is 33.4 Å². The third kappa shape index (κ3) is 5.92. The van der Waals surface area contributed by atoms with Crippen LogP contribution in [0.2, 0.25) is 0 Å². The minimum absolute atomic E-state index is 0.154. The monoisotopic (exact) mass is 368 g/mol. The molecule has 27 heavy (non-hydrogen) atoms. The molecule has 0 bridgehead atoms. The Morgan fingerprint density at radius 1 is 1.19 bits per heavy atom. The van der Waals surface area contributed by atoms with E-state index in [9.17, 15) is 0 Å². The molecule has 0 aromatic heterocycles. The van der Waals surface area contributed by atoms with Gasteiger partial charge in [0.1, 0.15) is 6.10 Å². The molecule has 148 valence electrons. The third-order valence-electron chi connectivity index (χ3n) is 5.47. The molecule has 1 aliphatic heterocycles. The molecule has 0 radical (unpaired) electrons. The molecule has 2 heteroatoms. The summed E-state index contributed by atoms with van der Waals surface area (Å²) in [5.41, 5.74) is 7.66. The van der Waals surface area contributed by atoms with Gasteiger partial charge in [0.2, 0.25) is 0 Å². The molecular weight excluding hydrogens is 332 g/mol. The van der Waals surface area contributed by atoms with Gasteiger partial charge in [0, 0.05) is 7.11 Å². The molecule has 0 N–H and O–H groups in total. The lowest BCUT2D eigenvalue weighted by Crippen LogP contribution is -2.37. The van der Waals surface area contributed by atoms with Gasteiger partial charge in [-0.05, 0) is 65.0 Å². The van der Waals surface area contributed by atoms with E-state index in [2.05, 4.69) is 78.0 Å². The Kier molecular flexibility index (Phi) is 7.64. The molecule has 1 aromatic rings. The van der Waals surface area contributed by atoms with Crippen LogP contribution in [0.1, 0.15) is 63.6 Å². The molecule has 1 aromatic carbocycles. The van der Waals surface area contributed by atoms with Crippen molar-refractivity contribution < 1.29 is 9.47 Å². The van der Waals surface area contributed by atoms with Crippen LogP contribution in [0.5, 0.6) is 0 Å². The number of allylic oxidation sites excluding steroid dienone is 6. The van der Waals surface area contributed by atoms with E-state index in [4.69, 9.17) is 9.47 Å². The zero-order valence-electron chi connectivity index (χ0n) is 18.2. The van der Waals surface area contributed by atoms with Crippen LogP contribution < -0.4 is 0 Å². The number of hydrogen-bond donors (Lipinski definition) is 0. The molecular formula is C25H36O2. The van der Waals surface area contributed by atoms with Gasteiger partial charge in [-0.1, -0.05) is 65.6 Å². The smallest absolute Gasteiger partial charge is 0.110 e. The summed E-state index contributed by atoms with van der Waals surface area (Å²) < 4.78 is 11.5. The van der Waals surface area contributed by atoms with Crippen molar-refractivity contribution in [2.24, 2.45) is 0 Å². The summed E-state index contributed by atoms with van der Waals surface area (Å²) in [7, 11) is 1.82. The summed E-state index contributed by atoms with van der Waals surface area (Å²) in [6, 6.07) is 6.77. The van der Waals surface area contributed by atoms with Crippen LogP contribution in [0.4, 0.5) is 0 Å². The van der Waals surface area contributed by atoms with Crippen molar-refractivity contribution in [3.8, 4) is 0 Å². The lowest BCUT2D eigenvalue weighted by Gasteiger charge is -2.30. The van der Waals surface area contributed by atoms with Gasteiger partial charge < -0.3 is 9.47 Å². The van der Waals surface area contributed by atoms with Gasteiger partial charge in [-0.2, -0.15) is 0 Å². The maximum atomic E-state index is 5.91. The standard InChI is InChI=1S/C25H36O2/c1-8-21(10-11-25(9-2,26-7)24-17-27-24)16-22(12-18(3)4)23-14-19(5)13-20(6)15-23/h8,12-16,24H,9-11,17H2,1-7H3/b21-8-,22-16+. The Balaban J connectivity index is 2.29. The lowest BCUT2D eigenvalue weighted by atomic mass is 9.88. The Bertz CT molecular complexity index is 704. The van der Waals surface area contributed by atoms with Gasteiger partial charge in [-0.25, -0.2) is 0 Å². The fourth-order valence-electron chi connectivity index (χ4n) is 3.81. The Morgan fingerprint density at radius 3 is 2.26 bits per heavy atom. The molecule has 1 saturated heterocycles. The SMILES string of the molecule is C/C=C(\C=C(/C=C(C)C)c1cc(C)cc(C)c1)CCC(CC)(OC)C1CO1. The maximum absolute atomic E-state index is 5.91. The first-order valence-electron chi connectivity index (χ1n) is 10.1. The number of ether oxygens (including phenoxy) is 2. The van der Waals surface area contributed by atoms with Crippen molar-refractivity contribution in [2.45, 2.75) is 72.5 Å². The van der Waals surface area contributed by atoms with E-state index in [-0.39, 0.29) is 11.7 Å². The van der Waals surface area contributed by atoms with E-state index in [0.717, 1.165) is 25.9 Å². The quantitative estimate of drug-likeness (QED) is 0.363. The summed E-state index contributed by atoms with van der Waals surface area (Å²) >= 11 is 0. The second-order valence-corrected chi connectivity index (χ2v) is 8.01. The van der Waals surface area contributed by atoms with Gasteiger partial charge in [0.05, 0.1) is 12.2 Å². The molecule has 2 atom stereocenters. The number of aryl methyl sites for hydroxylation is 2. The first-order chi connectivity index (χ1) is 12.8. The van der Waals surface area contributed by atoms with Crippen molar-refractivity contribution in [3.63, 3.8) is 0 Å². The van der Waals surface area contributed by atoms with E-state index in [1.807, 2.05) is 7.11 Å². The highest BCUT2D eigenvalue weighted by Crippen LogP contribution is 2.36. The minimum Gasteiger partial charge on any atom is -0.375 e. The number of methoxy groups -OCH3 is 1. The predicted octanol–water partition coefficient (Wildman–Crippen LogP) is 6.57. The molecule has 0 saturated carbocycles. The largest absolute Gasteiger partial charge is 0.375 e. The number of hydrogen-bond acceptors (Lipinski definition) is 2. The van der Waals surface area contributed by atoms with Gasteiger partial charge in [-0.3, -0.25) is 0 Å². The first-order valence-corrected chi connectivity index (χ1v) is 10.1. The molecule has 0 spiro atoms. The van der Waals surface area contributed by atoms with Crippen LogP contribution >= 0.6 is 0 Å². The topological polar surface area (TPSA) is 21.8 Å². The molecule has 0 amide bonds. The van der Waals surface area contributed by atoms with Crippen LogP contribution in [0.3, 0.4) is 0 Å². The van der Waals surface area contributed by atoms with Crippen LogP contribution in [0, 0.1) is 13.8 Å². The average Bonchev–Trinajstić information content (AvgIpc) is 3.45. The molecule has 2 unspecified atom stereocenters. The summed E-state index contributed by atoms with van der Waals surface area (Å²) in [5.74, 6) is 0. The van der Waals surface area contributed by atoms with Crippen LogP contribution in [0.15, 0.2) is 47.6 Å². The van der Waals surface area contributed by atoms with Gasteiger partial charge >= 0.3 is 0 Å².